The van der Waals surface area contributed by atoms with Gasteiger partial charge in [-0.3, -0.25) is 4.79 Å². The molecule has 1 aromatic rings. The van der Waals surface area contributed by atoms with Gasteiger partial charge < -0.3 is 20.5 Å². The van der Waals surface area contributed by atoms with Crippen molar-refractivity contribution < 1.29 is 14.3 Å². The molecule has 5 nitrogen and oxygen atoms in total. The fourth-order valence-corrected chi connectivity index (χ4v) is 1.78. The lowest BCUT2D eigenvalue weighted by Gasteiger charge is -2.16. The summed E-state index contributed by atoms with van der Waals surface area (Å²) in [6, 6.07) is 5.53. The van der Waals surface area contributed by atoms with E-state index in [2.05, 4.69) is 5.32 Å². The SMILES string of the molecule is COc1ccc(C(C)NC(=O)CCCN)cc1OC. The van der Waals surface area contributed by atoms with Crippen molar-refractivity contribution in [3.8, 4) is 11.5 Å². The number of nitrogens with one attached hydrogen (secondary N) is 1. The highest BCUT2D eigenvalue weighted by molar-refractivity contribution is 5.76. The van der Waals surface area contributed by atoms with Crippen molar-refractivity contribution in [1.29, 1.82) is 0 Å². The number of hydrogen-bond acceptors (Lipinski definition) is 4. The molecule has 0 fully saturated rings. The molecule has 0 aliphatic carbocycles. The third-order valence-corrected chi connectivity index (χ3v) is 2.89. The smallest absolute Gasteiger partial charge is 0.220 e. The molecule has 19 heavy (non-hydrogen) atoms. The van der Waals surface area contributed by atoms with Crippen LogP contribution in [-0.4, -0.2) is 26.7 Å². The molecular formula is C14H22N2O3. The van der Waals surface area contributed by atoms with E-state index in [0.29, 0.717) is 30.9 Å². The lowest BCUT2D eigenvalue weighted by Crippen LogP contribution is -2.26. The lowest BCUT2D eigenvalue weighted by atomic mass is 10.1. The van der Waals surface area contributed by atoms with Crippen LogP contribution in [0.15, 0.2) is 18.2 Å². The van der Waals surface area contributed by atoms with Gasteiger partial charge in [-0.05, 0) is 37.6 Å². The number of methoxy groups -OCH3 is 2. The molecular weight excluding hydrogens is 244 g/mol. The molecule has 0 spiro atoms. The predicted molar refractivity (Wildman–Crippen MR) is 74.4 cm³/mol. The summed E-state index contributed by atoms with van der Waals surface area (Å²) in [5.41, 5.74) is 6.35. The summed E-state index contributed by atoms with van der Waals surface area (Å²) in [6.45, 7) is 2.46. The van der Waals surface area contributed by atoms with E-state index in [0.717, 1.165) is 5.56 Å². The third-order valence-electron chi connectivity index (χ3n) is 2.89. The Bertz CT molecular complexity index is 421. The summed E-state index contributed by atoms with van der Waals surface area (Å²) in [5, 5.41) is 2.93. The molecule has 106 valence electrons. The van der Waals surface area contributed by atoms with Gasteiger partial charge in [-0.15, -0.1) is 0 Å². The van der Waals surface area contributed by atoms with E-state index in [9.17, 15) is 4.79 Å². The maximum Gasteiger partial charge on any atom is 0.220 e. The van der Waals surface area contributed by atoms with Crippen molar-refractivity contribution in [2.45, 2.75) is 25.8 Å². The van der Waals surface area contributed by atoms with E-state index < -0.39 is 0 Å². The largest absolute Gasteiger partial charge is 0.493 e. The maximum absolute atomic E-state index is 11.6. The third kappa shape index (κ3) is 4.44. The summed E-state index contributed by atoms with van der Waals surface area (Å²) >= 11 is 0. The van der Waals surface area contributed by atoms with Gasteiger partial charge in [-0.1, -0.05) is 6.07 Å². The van der Waals surface area contributed by atoms with Gasteiger partial charge in [0.15, 0.2) is 11.5 Å². The minimum atomic E-state index is -0.0786. The van der Waals surface area contributed by atoms with Gasteiger partial charge in [0, 0.05) is 6.42 Å². The number of carbonyl (C=O) groups excluding carboxylic acids is 1. The molecule has 0 saturated carbocycles. The molecule has 0 aliphatic heterocycles. The number of amides is 1. The normalized spacial score (nSPS) is 11.8. The van der Waals surface area contributed by atoms with Crippen molar-refractivity contribution in [2.75, 3.05) is 20.8 Å². The highest BCUT2D eigenvalue weighted by Gasteiger charge is 2.12. The summed E-state index contributed by atoms with van der Waals surface area (Å²) < 4.78 is 10.4. The molecule has 5 heteroatoms. The van der Waals surface area contributed by atoms with Crippen molar-refractivity contribution in [3.63, 3.8) is 0 Å². The average molecular weight is 266 g/mol. The maximum atomic E-state index is 11.6. The molecule has 1 amide bonds. The number of ether oxygens (including phenoxy) is 2. The van der Waals surface area contributed by atoms with Crippen LogP contribution in [0.1, 0.15) is 31.4 Å². The van der Waals surface area contributed by atoms with Gasteiger partial charge in [-0.25, -0.2) is 0 Å². The van der Waals surface area contributed by atoms with E-state index in [1.165, 1.54) is 0 Å². The summed E-state index contributed by atoms with van der Waals surface area (Å²) in [6.07, 6.45) is 1.15. The van der Waals surface area contributed by atoms with Gasteiger partial charge in [0.25, 0.3) is 0 Å². The van der Waals surface area contributed by atoms with Crippen LogP contribution in [0, 0.1) is 0 Å². The van der Waals surface area contributed by atoms with E-state index in [-0.39, 0.29) is 11.9 Å². The Morgan fingerprint density at radius 2 is 2.00 bits per heavy atom. The van der Waals surface area contributed by atoms with Crippen molar-refractivity contribution in [3.05, 3.63) is 23.8 Å². The first-order valence-corrected chi connectivity index (χ1v) is 6.33. The first kappa shape index (κ1) is 15.3. The van der Waals surface area contributed by atoms with Gasteiger partial charge >= 0.3 is 0 Å². The molecule has 3 N–H and O–H groups in total. The molecule has 1 rings (SSSR count). The molecule has 0 bridgehead atoms. The number of benzene rings is 1. The van der Waals surface area contributed by atoms with Crippen LogP contribution in [0.5, 0.6) is 11.5 Å². The number of nitrogens with two attached hydrogens (primary N) is 1. The van der Waals surface area contributed by atoms with Gasteiger partial charge in [0.2, 0.25) is 5.91 Å². The first-order valence-electron chi connectivity index (χ1n) is 6.33. The summed E-state index contributed by atoms with van der Waals surface area (Å²) in [7, 11) is 3.18. The molecule has 1 unspecified atom stereocenters. The minimum absolute atomic E-state index is 0.00716. The van der Waals surface area contributed by atoms with Crippen LogP contribution in [-0.2, 0) is 4.79 Å². The van der Waals surface area contributed by atoms with Gasteiger partial charge in [-0.2, -0.15) is 0 Å². The van der Waals surface area contributed by atoms with Crippen LogP contribution >= 0.6 is 0 Å². The zero-order valence-electron chi connectivity index (χ0n) is 11.7. The van der Waals surface area contributed by atoms with Crippen LogP contribution in [0.3, 0.4) is 0 Å². The van der Waals surface area contributed by atoms with Crippen LogP contribution in [0.25, 0.3) is 0 Å². The van der Waals surface area contributed by atoms with Crippen LogP contribution in [0.2, 0.25) is 0 Å². The Hall–Kier alpha value is -1.75. The molecule has 0 radical (unpaired) electrons. The van der Waals surface area contributed by atoms with Crippen molar-refractivity contribution >= 4 is 5.91 Å². The van der Waals surface area contributed by atoms with Crippen LogP contribution < -0.4 is 20.5 Å². The van der Waals surface area contributed by atoms with E-state index >= 15 is 0 Å². The second kappa shape index (κ2) is 7.63. The predicted octanol–water partition coefficient (Wildman–Crippen LogP) is 1.62. The Kier molecular flexibility index (Phi) is 6.15. The summed E-state index contributed by atoms with van der Waals surface area (Å²) in [5.74, 6) is 1.34. The first-order chi connectivity index (χ1) is 9.12. The number of carbonyl (C=O) groups is 1. The Morgan fingerprint density at radius 3 is 2.58 bits per heavy atom. The van der Waals surface area contributed by atoms with Crippen molar-refractivity contribution in [2.24, 2.45) is 5.73 Å². The van der Waals surface area contributed by atoms with Gasteiger partial charge in [0.1, 0.15) is 0 Å². The molecule has 0 saturated heterocycles. The average Bonchev–Trinajstić information content (AvgIpc) is 2.44. The standard InChI is InChI=1S/C14H22N2O3/c1-10(16-14(17)5-4-8-15)11-6-7-12(18-2)13(9-11)19-3/h6-7,9-10H,4-5,8,15H2,1-3H3,(H,16,17). The zero-order valence-corrected chi connectivity index (χ0v) is 11.7. The van der Waals surface area contributed by atoms with Crippen molar-refractivity contribution in [1.82, 2.24) is 5.32 Å². The van der Waals surface area contributed by atoms with Crippen LogP contribution in [0.4, 0.5) is 0 Å². The minimum Gasteiger partial charge on any atom is -0.493 e. The highest BCUT2D eigenvalue weighted by atomic mass is 16.5. The van der Waals surface area contributed by atoms with E-state index in [4.69, 9.17) is 15.2 Å². The second-order valence-corrected chi connectivity index (χ2v) is 4.30. The topological polar surface area (TPSA) is 73.6 Å². The molecule has 0 heterocycles. The fourth-order valence-electron chi connectivity index (χ4n) is 1.78. The Morgan fingerprint density at radius 1 is 1.32 bits per heavy atom. The molecule has 1 aromatic carbocycles. The number of rotatable bonds is 7. The zero-order chi connectivity index (χ0) is 14.3. The second-order valence-electron chi connectivity index (χ2n) is 4.30. The summed E-state index contributed by atoms with van der Waals surface area (Å²) in [4.78, 5) is 11.6. The van der Waals surface area contributed by atoms with Gasteiger partial charge in [0.05, 0.1) is 20.3 Å². The Labute approximate surface area is 114 Å². The van der Waals surface area contributed by atoms with E-state index in [1.54, 1.807) is 14.2 Å². The molecule has 0 aromatic heterocycles. The fraction of sp³-hybridized carbons (Fsp3) is 0.500. The quantitative estimate of drug-likeness (QED) is 0.786. The highest BCUT2D eigenvalue weighted by Crippen LogP contribution is 2.29. The van der Waals surface area contributed by atoms with E-state index in [1.807, 2.05) is 25.1 Å². The lowest BCUT2D eigenvalue weighted by molar-refractivity contribution is -0.121. The number of hydrogen-bond donors (Lipinski definition) is 2. The Balaban J connectivity index is 2.71. The molecule has 0 aliphatic rings. The monoisotopic (exact) mass is 266 g/mol. The molecule has 1 atom stereocenters.